The van der Waals surface area contributed by atoms with E-state index < -0.39 is 0 Å². The summed E-state index contributed by atoms with van der Waals surface area (Å²) in [6, 6.07) is 12.1. The molecule has 1 N–H and O–H groups in total. The molecule has 1 amide bonds. The van der Waals surface area contributed by atoms with Crippen molar-refractivity contribution in [2.45, 2.75) is 26.7 Å². The normalized spacial score (nSPS) is 10.7. The molecule has 0 radical (unpaired) electrons. The van der Waals surface area contributed by atoms with Gasteiger partial charge in [0.15, 0.2) is 0 Å². The van der Waals surface area contributed by atoms with Gasteiger partial charge in [-0.3, -0.25) is 9.78 Å². The highest BCUT2D eigenvalue weighted by molar-refractivity contribution is 6.31. The minimum absolute atomic E-state index is 0.144. The number of aryl methyl sites for hydroxylation is 2. The molecular weight excluding hydrogens is 363 g/mol. The van der Waals surface area contributed by atoms with Crippen molar-refractivity contribution in [3.8, 4) is 11.1 Å². The fraction of sp³-hybridized carbons (Fsp3) is 0.182. The molecule has 5 heteroatoms. The number of nitrogens with zero attached hydrogens (tertiary/aromatic N) is 1. The summed E-state index contributed by atoms with van der Waals surface area (Å²) < 4.78 is 13.5. The lowest BCUT2D eigenvalue weighted by molar-refractivity contribution is -0.115. The van der Waals surface area contributed by atoms with E-state index in [2.05, 4.69) is 10.3 Å². The van der Waals surface area contributed by atoms with E-state index in [1.807, 2.05) is 32.0 Å². The highest BCUT2D eigenvalue weighted by atomic mass is 35.5. The van der Waals surface area contributed by atoms with Crippen molar-refractivity contribution >= 4 is 23.2 Å². The summed E-state index contributed by atoms with van der Waals surface area (Å²) in [5.74, 6) is -0.404. The molecule has 0 spiro atoms. The molecule has 0 aliphatic heterocycles. The van der Waals surface area contributed by atoms with Gasteiger partial charge in [-0.2, -0.15) is 0 Å². The molecule has 0 saturated carbocycles. The van der Waals surface area contributed by atoms with Crippen LogP contribution in [-0.4, -0.2) is 10.9 Å². The van der Waals surface area contributed by atoms with E-state index in [4.69, 9.17) is 11.6 Å². The lowest BCUT2D eigenvalue weighted by Crippen LogP contribution is -2.15. The molecular formula is C22H20ClFN2O. The number of amides is 1. The monoisotopic (exact) mass is 382 g/mol. The van der Waals surface area contributed by atoms with Gasteiger partial charge in [-0.25, -0.2) is 4.39 Å². The minimum atomic E-state index is -0.260. The number of aromatic nitrogens is 1. The molecule has 0 aliphatic rings. The predicted octanol–water partition coefficient (Wildman–Crippen LogP) is 5.59. The maximum Gasteiger partial charge on any atom is 0.228 e. The van der Waals surface area contributed by atoms with Crippen LogP contribution in [0.25, 0.3) is 11.1 Å². The van der Waals surface area contributed by atoms with Crippen LogP contribution in [0.1, 0.15) is 23.6 Å². The minimum Gasteiger partial charge on any atom is -0.324 e. The van der Waals surface area contributed by atoms with Gasteiger partial charge in [-0.15, -0.1) is 0 Å². The van der Waals surface area contributed by atoms with Crippen molar-refractivity contribution in [1.82, 2.24) is 4.98 Å². The molecule has 0 fully saturated rings. The van der Waals surface area contributed by atoms with Gasteiger partial charge in [0.25, 0.3) is 0 Å². The molecule has 0 atom stereocenters. The number of carbonyl (C=O) groups excluding carboxylic acids is 1. The molecule has 0 bridgehead atoms. The van der Waals surface area contributed by atoms with Crippen molar-refractivity contribution in [3.63, 3.8) is 0 Å². The summed E-state index contributed by atoms with van der Waals surface area (Å²) in [4.78, 5) is 16.5. The Kier molecular flexibility index (Phi) is 5.87. The molecule has 27 heavy (non-hydrogen) atoms. The molecule has 3 rings (SSSR count). The van der Waals surface area contributed by atoms with Crippen LogP contribution in [0.2, 0.25) is 5.02 Å². The van der Waals surface area contributed by atoms with Gasteiger partial charge < -0.3 is 5.32 Å². The van der Waals surface area contributed by atoms with Gasteiger partial charge in [0.1, 0.15) is 5.82 Å². The highest BCUT2D eigenvalue weighted by Crippen LogP contribution is 2.29. The lowest BCUT2D eigenvalue weighted by Gasteiger charge is -2.12. The summed E-state index contributed by atoms with van der Waals surface area (Å²) in [7, 11) is 0. The first-order valence-electron chi connectivity index (χ1n) is 8.75. The van der Waals surface area contributed by atoms with Crippen LogP contribution >= 0.6 is 11.6 Å². The Morgan fingerprint density at radius 2 is 2.00 bits per heavy atom. The number of nitrogens with one attached hydrogen (secondary N) is 1. The first-order valence-corrected chi connectivity index (χ1v) is 9.12. The first-order chi connectivity index (χ1) is 13.0. The van der Waals surface area contributed by atoms with Crippen molar-refractivity contribution in [2.75, 3.05) is 5.32 Å². The fourth-order valence-electron chi connectivity index (χ4n) is 3.02. The number of rotatable bonds is 5. The Labute approximate surface area is 163 Å². The van der Waals surface area contributed by atoms with E-state index in [9.17, 15) is 9.18 Å². The maximum atomic E-state index is 13.5. The molecule has 1 heterocycles. The number of halogens is 2. The number of benzene rings is 2. The zero-order chi connectivity index (χ0) is 19.4. The third-order valence-corrected chi connectivity index (χ3v) is 4.61. The molecule has 3 aromatic rings. The largest absolute Gasteiger partial charge is 0.324 e. The molecule has 0 saturated heterocycles. The number of hydrogen-bond donors (Lipinski definition) is 1. The van der Waals surface area contributed by atoms with Gasteiger partial charge in [0, 0.05) is 11.2 Å². The number of hydrogen-bond acceptors (Lipinski definition) is 2. The number of carbonyl (C=O) groups is 1. The van der Waals surface area contributed by atoms with E-state index in [1.54, 1.807) is 24.5 Å². The van der Waals surface area contributed by atoms with Crippen molar-refractivity contribution in [2.24, 2.45) is 0 Å². The number of anilines is 1. The first kappa shape index (κ1) is 19.1. The van der Waals surface area contributed by atoms with Gasteiger partial charge >= 0.3 is 0 Å². The summed E-state index contributed by atoms with van der Waals surface area (Å²) in [6.07, 6.45) is 4.20. The van der Waals surface area contributed by atoms with E-state index in [-0.39, 0.29) is 18.1 Å². The Balaban J connectivity index is 1.86. The zero-order valence-electron chi connectivity index (χ0n) is 15.2. The van der Waals surface area contributed by atoms with Crippen LogP contribution in [0.3, 0.4) is 0 Å². The van der Waals surface area contributed by atoms with E-state index in [0.29, 0.717) is 17.1 Å². The van der Waals surface area contributed by atoms with E-state index >= 15 is 0 Å². The second-order valence-corrected chi connectivity index (χ2v) is 6.86. The standard InChI is InChI=1S/C22H20ClFN2O/c1-3-16-12-19(24)4-5-20(16)17-8-15(9-18(23)11-17)10-22(27)26-21-13-25-7-6-14(21)2/h4-9,11-13H,3,10H2,1-2H3,(H,26,27). The topological polar surface area (TPSA) is 42.0 Å². The molecule has 138 valence electrons. The summed E-state index contributed by atoms with van der Waals surface area (Å²) in [5.41, 5.74) is 5.13. The van der Waals surface area contributed by atoms with Crippen LogP contribution in [0.15, 0.2) is 54.9 Å². The van der Waals surface area contributed by atoms with Crippen LogP contribution in [0, 0.1) is 12.7 Å². The maximum absolute atomic E-state index is 13.5. The van der Waals surface area contributed by atoms with Gasteiger partial charge in [0.2, 0.25) is 5.91 Å². The van der Waals surface area contributed by atoms with Crippen LogP contribution < -0.4 is 5.32 Å². The Bertz CT molecular complexity index is 988. The summed E-state index contributed by atoms with van der Waals surface area (Å²) in [6.45, 7) is 3.89. The Morgan fingerprint density at radius 3 is 2.74 bits per heavy atom. The summed E-state index contributed by atoms with van der Waals surface area (Å²) >= 11 is 6.28. The van der Waals surface area contributed by atoms with Crippen molar-refractivity contribution in [1.29, 1.82) is 0 Å². The smallest absolute Gasteiger partial charge is 0.228 e. The van der Waals surface area contributed by atoms with Gasteiger partial charge in [-0.1, -0.05) is 30.7 Å². The Morgan fingerprint density at radius 1 is 1.19 bits per heavy atom. The third kappa shape index (κ3) is 4.72. The van der Waals surface area contributed by atoms with Crippen LogP contribution in [-0.2, 0) is 17.6 Å². The molecule has 0 unspecified atom stereocenters. The molecule has 2 aromatic carbocycles. The predicted molar refractivity (Wildman–Crippen MR) is 108 cm³/mol. The van der Waals surface area contributed by atoms with Crippen LogP contribution in [0.4, 0.5) is 10.1 Å². The highest BCUT2D eigenvalue weighted by Gasteiger charge is 2.11. The van der Waals surface area contributed by atoms with Gasteiger partial charge in [-0.05, 0) is 71.5 Å². The van der Waals surface area contributed by atoms with Gasteiger partial charge in [0.05, 0.1) is 18.3 Å². The van der Waals surface area contributed by atoms with E-state index in [0.717, 1.165) is 27.8 Å². The van der Waals surface area contributed by atoms with Crippen LogP contribution in [0.5, 0.6) is 0 Å². The fourth-order valence-corrected chi connectivity index (χ4v) is 3.28. The average Bonchev–Trinajstić information content (AvgIpc) is 2.63. The summed E-state index contributed by atoms with van der Waals surface area (Å²) in [5, 5.41) is 3.41. The lowest BCUT2D eigenvalue weighted by atomic mass is 9.96. The molecule has 3 nitrogen and oxygen atoms in total. The van der Waals surface area contributed by atoms with Crippen molar-refractivity contribution in [3.05, 3.63) is 82.4 Å². The van der Waals surface area contributed by atoms with Crippen molar-refractivity contribution < 1.29 is 9.18 Å². The molecule has 0 aliphatic carbocycles. The SMILES string of the molecule is CCc1cc(F)ccc1-c1cc(Cl)cc(CC(=O)Nc2cnccc2C)c1. The second-order valence-electron chi connectivity index (χ2n) is 6.42. The quantitative estimate of drug-likeness (QED) is 0.624. The Hall–Kier alpha value is -2.72. The molecule has 1 aromatic heterocycles. The third-order valence-electron chi connectivity index (χ3n) is 4.39. The average molecular weight is 383 g/mol. The number of pyridine rings is 1. The van der Waals surface area contributed by atoms with E-state index in [1.165, 1.54) is 12.1 Å². The second kappa shape index (κ2) is 8.31. The zero-order valence-corrected chi connectivity index (χ0v) is 16.0.